The largest absolute Gasteiger partial charge is 0.477 e. The van der Waals surface area contributed by atoms with E-state index in [1.165, 1.54) is 5.94 Å². The van der Waals surface area contributed by atoms with Gasteiger partial charge in [0.25, 0.3) is 0 Å². The zero-order valence-corrected chi connectivity index (χ0v) is 6.97. The molecule has 0 heterocycles. The Labute approximate surface area is 65.7 Å². The summed E-state index contributed by atoms with van der Waals surface area (Å²) in [6.07, 6.45) is 0.256. The molecule has 62 valence electrons. The van der Waals surface area contributed by atoms with Crippen molar-refractivity contribution >= 4 is 11.9 Å². The van der Waals surface area contributed by atoms with E-state index in [1.807, 2.05) is 20.8 Å². The fraction of sp³-hybridized carbons (Fsp3) is 0.625. The first-order chi connectivity index (χ1) is 4.87. The van der Waals surface area contributed by atoms with Crippen LogP contribution in [-0.4, -0.2) is 17.0 Å². The molecule has 0 aliphatic rings. The van der Waals surface area contributed by atoms with Crippen molar-refractivity contribution in [2.24, 2.45) is 5.41 Å². The number of carbonyl (C=O) groups excluding carboxylic acids is 1. The average molecular weight is 156 g/mol. The molecule has 0 spiro atoms. The van der Waals surface area contributed by atoms with Gasteiger partial charge in [-0.2, -0.15) is 0 Å². The van der Waals surface area contributed by atoms with Crippen LogP contribution in [0, 0.1) is 5.41 Å². The van der Waals surface area contributed by atoms with Crippen LogP contribution < -0.4 is 0 Å². The third kappa shape index (κ3) is 4.34. The van der Waals surface area contributed by atoms with Crippen molar-refractivity contribution in [3.8, 4) is 0 Å². The monoisotopic (exact) mass is 156 g/mol. The number of hydrogen-bond acceptors (Lipinski definition) is 2. The van der Waals surface area contributed by atoms with Gasteiger partial charge in [-0.3, -0.25) is 0 Å². The maximum Gasteiger partial charge on any atom is 0.342 e. The summed E-state index contributed by atoms with van der Waals surface area (Å²) in [6.45, 7) is 5.60. The molecule has 0 radical (unpaired) electrons. The lowest BCUT2D eigenvalue weighted by Crippen LogP contribution is -2.12. The van der Waals surface area contributed by atoms with Gasteiger partial charge in [0, 0.05) is 0 Å². The van der Waals surface area contributed by atoms with E-state index in [0.29, 0.717) is 0 Å². The molecule has 0 atom stereocenters. The Morgan fingerprint density at radius 2 is 1.91 bits per heavy atom. The third-order valence-electron chi connectivity index (χ3n) is 1.09. The maximum absolute atomic E-state index is 10.3. The van der Waals surface area contributed by atoms with Crippen LogP contribution in [0.2, 0.25) is 0 Å². The van der Waals surface area contributed by atoms with Gasteiger partial charge in [-0.05, 0) is 11.8 Å². The van der Waals surface area contributed by atoms with Gasteiger partial charge >= 0.3 is 5.97 Å². The molecule has 1 N–H and O–H groups in total. The van der Waals surface area contributed by atoms with Crippen molar-refractivity contribution in [1.29, 1.82) is 0 Å². The van der Waals surface area contributed by atoms with Crippen LogP contribution in [0.4, 0.5) is 0 Å². The summed E-state index contributed by atoms with van der Waals surface area (Å²) in [5.41, 5.74) is -0.358. The van der Waals surface area contributed by atoms with Crippen molar-refractivity contribution in [2.45, 2.75) is 27.2 Å². The van der Waals surface area contributed by atoms with E-state index < -0.39 is 5.97 Å². The average Bonchev–Trinajstić information content (AvgIpc) is 1.80. The van der Waals surface area contributed by atoms with Crippen LogP contribution in [0.3, 0.4) is 0 Å². The fourth-order valence-corrected chi connectivity index (χ4v) is 0.686. The highest BCUT2D eigenvalue weighted by molar-refractivity contribution is 5.95. The van der Waals surface area contributed by atoms with Gasteiger partial charge in [0.1, 0.15) is 11.5 Å². The lowest BCUT2D eigenvalue weighted by Gasteiger charge is -2.15. The molecule has 0 unspecified atom stereocenters. The zero-order chi connectivity index (χ0) is 9.07. The lowest BCUT2D eigenvalue weighted by atomic mass is 9.88. The molecule has 0 bridgehead atoms. The summed E-state index contributed by atoms with van der Waals surface area (Å²) in [7, 11) is 0. The zero-order valence-electron chi connectivity index (χ0n) is 6.97. The predicted molar refractivity (Wildman–Crippen MR) is 40.9 cm³/mol. The minimum absolute atomic E-state index is 0.175. The Balaban J connectivity index is 4.37. The lowest BCUT2D eigenvalue weighted by molar-refractivity contribution is -0.132. The van der Waals surface area contributed by atoms with Gasteiger partial charge < -0.3 is 5.11 Å². The Morgan fingerprint density at radius 3 is 2.00 bits per heavy atom. The van der Waals surface area contributed by atoms with Crippen molar-refractivity contribution < 1.29 is 14.7 Å². The highest BCUT2D eigenvalue weighted by Gasteiger charge is 2.18. The predicted octanol–water partition coefficient (Wildman–Crippen LogP) is 1.27. The molecule has 0 amide bonds. The van der Waals surface area contributed by atoms with Gasteiger partial charge in [-0.15, -0.1) is 0 Å². The van der Waals surface area contributed by atoms with Crippen LogP contribution in [0.1, 0.15) is 27.2 Å². The number of hydrogen-bond donors (Lipinski definition) is 1. The van der Waals surface area contributed by atoms with Crippen molar-refractivity contribution in [2.75, 3.05) is 0 Å². The molecule has 0 saturated heterocycles. The highest BCUT2D eigenvalue weighted by Crippen LogP contribution is 2.22. The number of rotatable bonds is 2. The number of carbonyl (C=O) groups is 1. The van der Waals surface area contributed by atoms with Crippen LogP contribution in [-0.2, 0) is 9.59 Å². The summed E-state index contributed by atoms with van der Waals surface area (Å²) in [6, 6.07) is 0. The summed E-state index contributed by atoms with van der Waals surface area (Å²) in [5, 5.41) is 8.44. The number of carboxylic acid groups (broad SMARTS) is 1. The van der Waals surface area contributed by atoms with Crippen molar-refractivity contribution in [3.05, 3.63) is 5.57 Å². The molecular formula is C8H12O3. The van der Waals surface area contributed by atoms with E-state index >= 15 is 0 Å². The minimum Gasteiger partial charge on any atom is -0.477 e. The van der Waals surface area contributed by atoms with E-state index in [9.17, 15) is 9.59 Å². The van der Waals surface area contributed by atoms with Gasteiger partial charge in [0.2, 0.25) is 0 Å². The van der Waals surface area contributed by atoms with E-state index in [0.717, 1.165) is 0 Å². The van der Waals surface area contributed by atoms with E-state index in [2.05, 4.69) is 0 Å². The molecule has 0 aliphatic heterocycles. The second kappa shape index (κ2) is 3.35. The fourth-order valence-electron chi connectivity index (χ4n) is 0.686. The minimum atomic E-state index is -1.17. The van der Waals surface area contributed by atoms with Crippen molar-refractivity contribution in [1.82, 2.24) is 0 Å². The molecule has 3 heteroatoms. The first kappa shape index (κ1) is 9.92. The van der Waals surface area contributed by atoms with Gasteiger partial charge in [-0.1, -0.05) is 20.8 Å². The molecular weight excluding hydrogens is 144 g/mol. The molecule has 3 nitrogen and oxygen atoms in total. The Bertz CT molecular complexity index is 204. The van der Waals surface area contributed by atoms with Crippen LogP contribution in [0.15, 0.2) is 5.57 Å². The summed E-state index contributed by atoms with van der Waals surface area (Å²) >= 11 is 0. The van der Waals surface area contributed by atoms with Crippen LogP contribution >= 0.6 is 0 Å². The molecule has 0 aromatic heterocycles. The van der Waals surface area contributed by atoms with E-state index in [1.54, 1.807) is 0 Å². The quantitative estimate of drug-likeness (QED) is 0.483. The summed E-state index contributed by atoms with van der Waals surface area (Å²) in [4.78, 5) is 20.4. The SMILES string of the molecule is CC(C)(C)CC(=C=O)C(=O)O. The Kier molecular flexibility index (Phi) is 3.02. The van der Waals surface area contributed by atoms with Gasteiger partial charge in [-0.25, -0.2) is 9.59 Å². The first-order valence-corrected chi connectivity index (χ1v) is 3.34. The molecule has 11 heavy (non-hydrogen) atoms. The van der Waals surface area contributed by atoms with Crippen LogP contribution in [0.25, 0.3) is 0 Å². The summed E-state index contributed by atoms with van der Waals surface area (Å²) in [5.74, 6) is 0.254. The molecule has 0 aromatic rings. The number of aliphatic carboxylic acids is 1. The third-order valence-corrected chi connectivity index (χ3v) is 1.09. The smallest absolute Gasteiger partial charge is 0.342 e. The second-order valence-corrected chi connectivity index (χ2v) is 3.62. The molecule has 0 rings (SSSR count). The molecule has 0 aliphatic carbocycles. The molecule has 0 fully saturated rings. The second-order valence-electron chi connectivity index (χ2n) is 3.62. The Morgan fingerprint density at radius 1 is 1.45 bits per heavy atom. The summed E-state index contributed by atoms with van der Waals surface area (Å²) < 4.78 is 0. The highest BCUT2D eigenvalue weighted by atomic mass is 16.4. The standard InChI is InChI=1S/C8H12O3/c1-8(2,3)4-6(5-9)7(10)11/h4H2,1-3H3,(H,10,11). The van der Waals surface area contributed by atoms with E-state index in [4.69, 9.17) is 5.11 Å². The molecule has 0 saturated carbocycles. The maximum atomic E-state index is 10.3. The van der Waals surface area contributed by atoms with E-state index in [-0.39, 0.29) is 17.4 Å². The van der Waals surface area contributed by atoms with Gasteiger partial charge in [0.15, 0.2) is 0 Å². The first-order valence-electron chi connectivity index (χ1n) is 3.34. The number of carboxylic acids is 1. The topological polar surface area (TPSA) is 54.4 Å². The molecule has 0 aromatic carbocycles. The van der Waals surface area contributed by atoms with Gasteiger partial charge in [0.05, 0.1) is 0 Å². The van der Waals surface area contributed by atoms with Crippen LogP contribution in [0.5, 0.6) is 0 Å². The van der Waals surface area contributed by atoms with Crippen molar-refractivity contribution in [3.63, 3.8) is 0 Å². The normalized spacial score (nSPS) is 10.5. The Hall–Kier alpha value is -1.08.